The first kappa shape index (κ1) is 14.2. The third-order valence-electron chi connectivity index (χ3n) is 3.32. The van der Waals surface area contributed by atoms with Crippen molar-refractivity contribution in [3.8, 4) is 5.75 Å². The predicted molar refractivity (Wildman–Crippen MR) is 64.3 cm³/mol. The van der Waals surface area contributed by atoms with Crippen LogP contribution >= 0.6 is 0 Å². The summed E-state index contributed by atoms with van der Waals surface area (Å²) in [5.74, 6) is -5.89. The van der Waals surface area contributed by atoms with Crippen molar-refractivity contribution in [2.45, 2.75) is 12.8 Å². The Hall–Kier alpha value is -2.18. The molecular formula is C13H13F2NO4. The van der Waals surface area contributed by atoms with Gasteiger partial charge in [-0.15, -0.1) is 0 Å². The third kappa shape index (κ3) is 2.71. The first-order chi connectivity index (χ1) is 9.40. The number of amides is 1. The highest BCUT2D eigenvalue weighted by atomic mass is 19.1. The number of hydrogen-bond donors (Lipinski definition) is 2. The molecule has 0 bridgehead atoms. The molecule has 1 aliphatic rings. The fourth-order valence-electron chi connectivity index (χ4n) is 2.23. The average Bonchev–Trinajstić information content (AvgIpc) is 2.43. The van der Waals surface area contributed by atoms with Crippen LogP contribution in [0.2, 0.25) is 0 Å². The molecule has 1 aromatic rings. The van der Waals surface area contributed by atoms with Gasteiger partial charge < -0.3 is 15.1 Å². The summed E-state index contributed by atoms with van der Waals surface area (Å²) in [5, 5.41) is 17.9. The van der Waals surface area contributed by atoms with Crippen molar-refractivity contribution in [3.05, 3.63) is 29.3 Å². The van der Waals surface area contributed by atoms with Crippen molar-refractivity contribution >= 4 is 11.9 Å². The number of benzene rings is 1. The molecule has 1 fully saturated rings. The van der Waals surface area contributed by atoms with Gasteiger partial charge in [-0.1, -0.05) is 0 Å². The molecule has 1 amide bonds. The maximum Gasteiger partial charge on any atom is 0.308 e. The number of nitrogens with zero attached hydrogens (tertiary/aromatic N) is 1. The fraction of sp³-hybridized carbons (Fsp3) is 0.385. The van der Waals surface area contributed by atoms with E-state index >= 15 is 0 Å². The summed E-state index contributed by atoms with van der Waals surface area (Å²) in [6.45, 7) is 0.352. The topological polar surface area (TPSA) is 77.8 Å². The number of phenols is 1. The Bertz CT molecular complexity index is 538. The van der Waals surface area contributed by atoms with Crippen LogP contribution in [0.3, 0.4) is 0 Å². The third-order valence-corrected chi connectivity index (χ3v) is 3.32. The lowest BCUT2D eigenvalue weighted by molar-refractivity contribution is -0.143. The van der Waals surface area contributed by atoms with E-state index in [0.717, 1.165) is 12.1 Å². The molecule has 1 aromatic carbocycles. The Kier molecular flexibility index (Phi) is 3.87. The van der Waals surface area contributed by atoms with Gasteiger partial charge in [-0.3, -0.25) is 9.59 Å². The second-order valence-electron chi connectivity index (χ2n) is 4.72. The van der Waals surface area contributed by atoms with Crippen LogP contribution < -0.4 is 0 Å². The highest BCUT2D eigenvalue weighted by Gasteiger charge is 2.29. The van der Waals surface area contributed by atoms with E-state index in [-0.39, 0.29) is 12.1 Å². The van der Waals surface area contributed by atoms with Gasteiger partial charge in [-0.2, -0.15) is 0 Å². The number of aliphatic carboxylic acids is 1. The Morgan fingerprint density at radius 2 is 1.85 bits per heavy atom. The van der Waals surface area contributed by atoms with E-state index in [2.05, 4.69) is 0 Å². The van der Waals surface area contributed by atoms with Crippen LogP contribution in [0.1, 0.15) is 23.2 Å². The molecule has 0 radical (unpaired) electrons. The van der Waals surface area contributed by atoms with Crippen LogP contribution in [0.5, 0.6) is 5.75 Å². The quantitative estimate of drug-likeness (QED) is 0.865. The van der Waals surface area contributed by atoms with Gasteiger partial charge >= 0.3 is 5.97 Å². The van der Waals surface area contributed by atoms with Crippen LogP contribution in [0, 0.1) is 17.6 Å². The zero-order valence-corrected chi connectivity index (χ0v) is 10.5. The van der Waals surface area contributed by atoms with Gasteiger partial charge in [0.25, 0.3) is 5.91 Å². The van der Waals surface area contributed by atoms with E-state index < -0.39 is 35.2 Å². The smallest absolute Gasteiger partial charge is 0.308 e. The number of hydrogen-bond acceptors (Lipinski definition) is 3. The normalized spacial score (nSPS) is 18.9. The molecule has 0 aliphatic carbocycles. The van der Waals surface area contributed by atoms with Gasteiger partial charge in [0.2, 0.25) is 0 Å². The largest absolute Gasteiger partial charge is 0.503 e. The lowest BCUT2D eigenvalue weighted by Crippen LogP contribution is -2.42. The first-order valence-corrected chi connectivity index (χ1v) is 6.10. The second kappa shape index (κ2) is 5.44. The minimum absolute atomic E-state index is 0.0122. The van der Waals surface area contributed by atoms with Crippen LogP contribution in [-0.4, -0.2) is 40.1 Å². The summed E-state index contributed by atoms with van der Waals surface area (Å²) >= 11 is 0. The van der Waals surface area contributed by atoms with Gasteiger partial charge in [-0.05, 0) is 25.0 Å². The number of piperidine rings is 1. The molecule has 1 atom stereocenters. The predicted octanol–water partition coefficient (Wildman–Crippen LogP) is 1.61. The first-order valence-electron chi connectivity index (χ1n) is 6.10. The Balaban J connectivity index is 2.21. The van der Waals surface area contributed by atoms with Gasteiger partial charge in [0.1, 0.15) is 0 Å². The standard InChI is InChI=1S/C13H13F2NO4/c14-9-4-8(5-10(15)11(9)17)12(18)16-3-1-2-7(6-16)13(19)20/h4-5,7,17H,1-3,6H2,(H,19,20). The second-order valence-corrected chi connectivity index (χ2v) is 4.72. The van der Waals surface area contributed by atoms with E-state index in [1.165, 1.54) is 4.90 Å². The van der Waals surface area contributed by atoms with E-state index in [4.69, 9.17) is 10.2 Å². The highest BCUT2D eigenvalue weighted by molar-refractivity contribution is 5.94. The SMILES string of the molecule is O=C(O)C1CCCN(C(=O)c2cc(F)c(O)c(F)c2)C1. The van der Waals surface area contributed by atoms with Crippen molar-refractivity contribution in [2.24, 2.45) is 5.92 Å². The summed E-state index contributed by atoms with van der Waals surface area (Å²) in [6, 6.07) is 1.48. The molecule has 7 heteroatoms. The van der Waals surface area contributed by atoms with Gasteiger partial charge in [0.05, 0.1) is 5.92 Å². The average molecular weight is 285 g/mol. The minimum atomic E-state index is -1.22. The number of carboxylic acid groups (broad SMARTS) is 1. The molecule has 1 saturated heterocycles. The van der Waals surface area contributed by atoms with Crippen molar-refractivity contribution in [1.82, 2.24) is 4.90 Å². The Morgan fingerprint density at radius 1 is 1.25 bits per heavy atom. The van der Waals surface area contributed by atoms with Crippen molar-refractivity contribution < 1.29 is 28.6 Å². The molecule has 20 heavy (non-hydrogen) atoms. The number of carbonyl (C=O) groups is 2. The van der Waals surface area contributed by atoms with Crippen LogP contribution in [0.15, 0.2) is 12.1 Å². The molecule has 1 aliphatic heterocycles. The summed E-state index contributed by atoms with van der Waals surface area (Å²) in [4.78, 5) is 24.3. The molecule has 0 saturated carbocycles. The van der Waals surface area contributed by atoms with Crippen LogP contribution in [0.4, 0.5) is 8.78 Å². The molecule has 2 N–H and O–H groups in total. The Labute approximate surface area is 113 Å². The lowest BCUT2D eigenvalue weighted by Gasteiger charge is -2.30. The highest BCUT2D eigenvalue weighted by Crippen LogP contribution is 2.24. The summed E-state index contributed by atoms with van der Waals surface area (Å²) in [5.41, 5.74) is -0.246. The van der Waals surface area contributed by atoms with E-state index in [1.54, 1.807) is 0 Å². The summed E-state index contributed by atoms with van der Waals surface area (Å²) in [7, 11) is 0. The molecular weight excluding hydrogens is 272 g/mol. The number of carboxylic acids is 1. The summed E-state index contributed by atoms with van der Waals surface area (Å²) < 4.78 is 26.4. The van der Waals surface area contributed by atoms with Crippen molar-refractivity contribution in [3.63, 3.8) is 0 Å². The molecule has 108 valence electrons. The zero-order valence-electron chi connectivity index (χ0n) is 10.5. The zero-order chi connectivity index (χ0) is 14.9. The molecule has 1 unspecified atom stereocenters. The number of phenolic OH excluding ortho intramolecular Hbond substituents is 1. The minimum Gasteiger partial charge on any atom is -0.503 e. The van der Waals surface area contributed by atoms with Gasteiger partial charge in [0.15, 0.2) is 17.4 Å². The van der Waals surface area contributed by atoms with Gasteiger partial charge in [0, 0.05) is 18.7 Å². The molecule has 2 rings (SSSR count). The van der Waals surface area contributed by atoms with E-state index in [9.17, 15) is 18.4 Å². The van der Waals surface area contributed by atoms with E-state index in [1.807, 2.05) is 0 Å². The number of likely N-dealkylation sites (tertiary alicyclic amines) is 1. The van der Waals surface area contributed by atoms with Crippen molar-refractivity contribution in [2.75, 3.05) is 13.1 Å². The summed E-state index contributed by atoms with van der Waals surface area (Å²) in [6.07, 6.45) is 0.989. The molecule has 0 aromatic heterocycles. The fourth-order valence-corrected chi connectivity index (χ4v) is 2.23. The number of carbonyl (C=O) groups excluding carboxylic acids is 1. The number of halogens is 2. The lowest BCUT2D eigenvalue weighted by atomic mass is 9.97. The maximum atomic E-state index is 13.2. The molecule has 5 nitrogen and oxygen atoms in total. The van der Waals surface area contributed by atoms with E-state index in [0.29, 0.717) is 19.4 Å². The van der Waals surface area contributed by atoms with Gasteiger partial charge in [-0.25, -0.2) is 8.78 Å². The molecule has 0 spiro atoms. The Morgan fingerprint density at radius 3 is 2.40 bits per heavy atom. The van der Waals surface area contributed by atoms with Crippen LogP contribution in [-0.2, 0) is 4.79 Å². The monoisotopic (exact) mass is 285 g/mol. The van der Waals surface area contributed by atoms with Crippen LogP contribution in [0.25, 0.3) is 0 Å². The number of rotatable bonds is 2. The van der Waals surface area contributed by atoms with Crippen molar-refractivity contribution in [1.29, 1.82) is 0 Å². The maximum absolute atomic E-state index is 13.2. The number of aromatic hydroxyl groups is 1. The molecule has 1 heterocycles.